The molecule has 0 saturated heterocycles. The Morgan fingerprint density at radius 1 is 0.592 bits per heavy atom. The van der Waals surface area contributed by atoms with E-state index < -0.39 is 0 Å². The molecular formula is C37H36N8O4. The van der Waals surface area contributed by atoms with E-state index in [1.54, 1.807) is 53.1 Å². The van der Waals surface area contributed by atoms with Crippen molar-refractivity contribution in [1.82, 2.24) is 29.9 Å². The van der Waals surface area contributed by atoms with Crippen LogP contribution >= 0.6 is 0 Å². The zero-order valence-corrected chi connectivity index (χ0v) is 27.9. The molecule has 0 aliphatic carbocycles. The summed E-state index contributed by atoms with van der Waals surface area (Å²) in [5.41, 5.74) is 5.22. The Morgan fingerprint density at radius 2 is 1.18 bits per heavy atom. The molecule has 6 rings (SSSR count). The smallest absolute Gasteiger partial charge is 0.229 e. The number of anilines is 3. The highest BCUT2D eigenvalue weighted by Gasteiger charge is 2.19. The third kappa shape index (κ3) is 7.99. The second-order valence-electron chi connectivity index (χ2n) is 11.0. The molecule has 49 heavy (non-hydrogen) atoms. The number of methoxy groups -OCH3 is 4. The fourth-order valence-corrected chi connectivity index (χ4v) is 5.11. The van der Waals surface area contributed by atoms with Crippen molar-refractivity contribution in [3.05, 3.63) is 114 Å². The maximum absolute atomic E-state index is 5.38. The van der Waals surface area contributed by atoms with Crippen molar-refractivity contribution in [2.45, 2.75) is 20.0 Å². The highest BCUT2D eigenvalue weighted by Crippen LogP contribution is 2.33. The van der Waals surface area contributed by atoms with Crippen LogP contribution in [-0.2, 0) is 13.1 Å². The van der Waals surface area contributed by atoms with Crippen molar-refractivity contribution in [3.63, 3.8) is 0 Å². The van der Waals surface area contributed by atoms with E-state index in [1.165, 1.54) is 0 Å². The van der Waals surface area contributed by atoms with Crippen LogP contribution in [0.1, 0.15) is 17.0 Å². The molecule has 0 fully saturated rings. The minimum Gasteiger partial charge on any atom is -0.497 e. The Balaban J connectivity index is 1.43. The van der Waals surface area contributed by atoms with Crippen LogP contribution in [0.2, 0.25) is 0 Å². The first-order chi connectivity index (χ1) is 23.9. The highest BCUT2D eigenvalue weighted by molar-refractivity contribution is 5.79. The Morgan fingerprint density at radius 3 is 1.71 bits per heavy atom. The van der Waals surface area contributed by atoms with Crippen LogP contribution in [0.5, 0.6) is 23.3 Å². The van der Waals surface area contributed by atoms with Crippen LogP contribution in [0.25, 0.3) is 22.5 Å². The molecule has 0 radical (unpaired) electrons. The molecule has 0 aliphatic heterocycles. The minimum absolute atomic E-state index is 0.455. The predicted octanol–water partition coefficient (Wildman–Crippen LogP) is 6.68. The number of nitrogens with zero attached hydrogens (tertiary/aromatic N) is 7. The third-order valence-corrected chi connectivity index (χ3v) is 7.70. The fraction of sp³-hybridized carbons (Fsp3) is 0.189. The summed E-state index contributed by atoms with van der Waals surface area (Å²) in [7, 11) is 6.48. The molecule has 0 saturated carbocycles. The van der Waals surface area contributed by atoms with Gasteiger partial charge in [-0.05, 0) is 60.5 Å². The number of hydrogen-bond acceptors (Lipinski definition) is 12. The normalized spacial score (nSPS) is 10.7. The molecule has 1 N–H and O–H groups in total. The van der Waals surface area contributed by atoms with Crippen LogP contribution in [0.4, 0.5) is 17.5 Å². The molecule has 248 valence electrons. The van der Waals surface area contributed by atoms with Crippen LogP contribution in [0.3, 0.4) is 0 Å². The van der Waals surface area contributed by atoms with Gasteiger partial charge in [0.1, 0.15) is 23.1 Å². The number of aromatic nitrogens is 6. The molecule has 4 heterocycles. The average Bonchev–Trinajstić information content (AvgIpc) is 3.15. The molecule has 12 heteroatoms. The lowest BCUT2D eigenvalue weighted by Gasteiger charge is -2.24. The van der Waals surface area contributed by atoms with Gasteiger partial charge in [-0.1, -0.05) is 24.3 Å². The summed E-state index contributed by atoms with van der Waals surface area (Å²) in [5.74, 6) is 4.68. The molecule has 6 aromatic rings. The monoisotopic (exact) mass is 656 g/mol. The van der Waals surface area contributed by atoms with Gasteiger partial charge in [0.15, 0.2) is 5.82 Å². The minimum atomic E-state index is 0.455. The van der Waals surface area contributed by atoms with Gasteiger partial charge in [-0.2, -0.15) is 9.97 Å². The van der Waals surface area contributed by atoms with E-state index in [-0.39, 0.29) is 0 Å². The van der Waals surface area contributed by atoms with Gasteiger partial charge in [0.05, 0.1) is 45.9 Å². The van der Waals surface area contributed by atoms with Crippen LogP contribution in [-0.4, -0.2) is 58.3 Å². The zero-order valence-electron chi connectivity index (χ0n) is 27.9. The Bertz CT molecular complexity index is 1940. The number of pyridine rings is 3. The van der Waals surface area contributed by atoms with Gasteiger partial charge in [0.25, 0.3) is 0 Å². The molecular weight excluding hydrogens is 620 g/mol. The number of ether oxygens (including phenoxy) is 4. The third-order valence-electron chi connectivity index (χ3n) is 7.70. The van der Waals surface area contributed by atoms with Gasteiger partial charge in [-0.25, -0.2) is 19.9 Å². The standard InChI is InChI=1S/C37H36N8O4/c1-24-41-36(44-37(42-24)45(22-25-6-12-30(46-2)13-7-25)23-26-8-14-31(47-3)15-9-26)32-18-28(27-10-16-33(48-4)38-19-27)20-40-35(32)43-29-11-17-34(49-5)39-21-29/h6-21H,22-23H2,1-5H3,(H,40,43). The molecule has 0 amide bonds. The zero-order chi connectivity index (χ0) is 34.2. The van der Waals surface area contributed by atoms with Gasteiger partial charge < -0.3 is 29.2 Å². The summed E-state index contributed by atoms with van der Waals surface area (Å²) < 4.78 is 21.3. The van der Waals surface area contributed by atoms with Gasteiger partial charge in [-0.15, -0.1) is 0 Å². The fourth-order valence-electron chi connectivity index (χ4n) is 5.11. The van der Waals surface area contributed by atoms with Crippen LogP contribution in [0, 0.1) is 6.92 Å². The number of aryl methyl sites for hydroxylation is 1. The lowest BCUT2D eigenvalue weighted by atomic mass is 10.1. The summed E-state index contributed by atoms with van der Waals surface area (Å²) in [4.78, 5) is 30.3. The van der Waals surface area contributed by atoms with Crippen molar-refractivity contribution in [2.75, 3.05) is 38.7 Å². The number of hydrogen-bond donors (Lipinski definition) is 1. The topological polar surface area (TPSA) is 130 Å². The first-order valence-corrected chi connectivity index (χ1v) is 15.5. The molecule has 4 aromatic heterocycles. The van der Waals surface area contributed by atoms with E-state index in [0.29, 0.717) is 53.8 Å². The highest BCUT2D eigenvalue weighted by atomic mass is 16.5. The van der Waals surface area contributed by atoms with E-state index in [4.69, 9.17) is 38.9 Å². The molecule has 0 aliphatic rings. The van der Waals surface area contributed by atoms with Crippen molar-refractivity contribution >= 4 is 17.5 Å². The van der Waals surface area contributed by atoms with Crippen LogP contribution < -0.4 is 29.2 Å². The lowest BCUT2D eigenvalue weighted by molar-refractivity contribution is 0.398. The largest absolute Gasteiger partial charge is 0.497 e. The number of rotatable bonds is 13. The van der Waals surface area contributed by atoms with E-state index in [0.717, 1.165) is 39.4 Å². The molecule has 0 bridgehead atoms. The van der Waals surface area contributed by atoms with Gasteiger partial charge in [-0.3, -0.25) is 0 Å². The molecule has 0 unspecified atom stereocenters. The molecule has 0 spiro atoms. The Hall–Kier alpha value is -6.30. The lowest BCUT2D eigenvalue weighted by Crippen LogP contribution is -2.25. The van der Waals surface area contributed by atoms with Crippen molar-refractivity contribution in [3.8, 4) is 45.8 Å². The van der Waals surface area contributed by atoms with Crippen LogP contribution in [0.15, 0.2) is 97.5 Å². The average molecular weight is 657 g/mol. The summed E-state index contributed by atoms with van der Waals surface area (Å²) in [6, 6.07) is 25.3. The van der Waals surface area contributed by atoms with E-state index >= 15 is 0 Å². The number of nitrogens with one attached hydrogen (secondary N) is 1. The predicted molar refractivity (Wildman–Crippen MR) is 188 cm³/mol. The maximum atomic E-state index is 5.38. The van der Waals surface area contributed by atoms with Gasteiger partial charge in [0.2, 0.25) is 17.7 Å². The van der Waals surface area contributed by atoms with Crippen molar-refractivity contribution in [1.29, 1.82) is 0 Å². The molecule has 2 aromatic carbocycles. The van der Waals surface area contributed by atoms with Crippen molar-refractivity contribution < 1.29 is 18.9 Å². The van der Waals surface area contributed by atoms with E-state index in [2.05, 4.69) is 20.2 Å². The number of benzene rings is 2. The van der Waals surface area contributed by atoms with E-state index in [9.17, 15) is 0 Å². The second-order valence-corrected chi connectivity index (χ2v) is 11.0. The van der Waals surface area contributed by atoms with E-state index in [1.807, 2.05) is 79.7 Å². The van der Waals surface area contributed by atoms with Gasteiger partial charge >= 0.3 is 0 Å². The summed E-state index contributed by atoms with van der Waals surface area (Å²) >= 11 is 0. The SMILES string of the molecule is COc1ccc(CN(Cc2ccc(OC)cc2)c2nc(C)nc(-c3cc(-c4ccc(OC)nc4)cnc3Nc3ccc(OC)nc3)n2)cc1. The van der Waals surface area contributed by atoms with Crippen molar-refractivity contribution in [2.24, 2.45) is 0 Å². The van der Waals surface area contributed by atoms with Gasteiger partial charge in [0, 0.05) is 48.7 Å². The molecule has 12 nitrogen and oxygen atoms in total. The summed E-state index contributed by atoms with van der Waals surface area (Å²) in [6.45, 7) is 2.94. The summed E-state index contributed by atoms with van der Waals surface area (Å²) in [6.07, 6.45) is 5.21. The summed E-state index contributed by atoms with van der Waals surface area (Å²) in [5, 5.41) is 3.39. The first kappa shape index (κ1) is 32.6. The quantitative estimate of drug-likeness (QED) is 0.142. The second kappa shape index (κ2) is 15.1. The Labute approximate surface area is 284 Å². The molecule has 0 atom stereocenters. The maximum Gasteiger partial charge on any atom is 0.229 e. The Kier molecular flexibility index (Phi) is 10.0. The first-order valence-electron chi connectivity index (χ1n) is 15.5.